The summed E-state index contributed by atoms with van der Waals surface area (Å²) in [5.74, 6) is -1.00. The summed E-state index contributed by atoms with van der Waals surface area (Å²) in [4.78, 5) is 23.5. The molecule has 1 aliphatic carbocycles. The molecule has 1 aromatic heterocycles. The molecule has 1 amide bonds. The number of aryl methyl sites for hydroxylation is 1. The zero-order valence-corrected chi connectivity index (χ0v) is 12.1. The number of carbonyl (C=O) groups is 2. The van der Waals surface area contributed by atoms with Gasteiger partial charge in [0.1, 0.15) is 0 Å². The van der Waals surface area contributed by atoms with E-state index in [-0.39, 0.29) is 12.3 Å². The largest absolute Gasteiger partial charge is 0.481 e. The Kier molecular flexibility index (Phi) is 5.30. The highest BCUT2D eigenvalue weighted by Crippen LogP contribution is 2.39. The number of nitrogens with zero attached hydrogens (tertiary/aromatic N) is 3. The molecule has 0 spiro atoms. The van der Waals surface area contributed by atoms with Gasteiger partial charge in [-0.3, -0.25) is 14.3 Å². The van der Waals surface area contributed by atoms with Crippen molar-refractivity contribution >= 4 is 11.9 Å². The van der Waals surface area contributed by atoms with Gasteiger partial charge in [0, 0.05) is 25.7 Å². The molecule has 1 aliphatic rings. The van der Waals surface area contributed by atoms with Crippen molar-refractivity contribution in [3.63, 3.8) is 0 Å². The molecule has 0 saturated heterocycles. The molecule has 116 valence electrons. The Morgan fingerprint density at radius 1 is 1.29 bits per heavy atom. The van der Waals surface area contributed by atoms with E-state index < -0.39 is 11.4 Å². The standard InChI is InChI=1S/C14H22N4O3/c19-12(15-7-4-9-18-10-8-16-17-18)11-14(13(20)21)5-2-1-3-6-14/h8,10H,1-7,9,11H2,(H,15,19)(H,20,21). The van der Waals surface area contributed by atoms with Crippen molar-refractivity contribution in [3.05, 3.63) is 12.4 Å². The predicted molar refractivity (Wildman–Crippen MR) is 75.4 cm³/mol. The maximum Gasteiger partial charge on any atom is 0.310 e. The number of amides is 1. The highest BCUT2D eigenvalue weighted by Gasteiger charge is 2.41. The zero-order valence-electron chi connectivity index (χ0n) is 12.1. The maximum absolute atomic E-state index is 12.0. The van der Waals surface area contributed by atoms with Gasteiger partial charge in [-0.2, -0.15) is 0 Å². The predicted octanol–water partition coefficient (Wildman–Crippen LogP) is 1.21. The third-order valence-electron chi connectivity index (χ3n) is 4.12. The highest BCUT2D eigenvalue weighted by molar-refractivity contribution is 5.85. The lowest BCUT2D eigenvalue weighted by Crippen LogP contribution is -2.39. The lowest BCUT2D eigenvalue weighted by atomic mass is 9.71. The minimum Gasteiger partial charge on any atom is -0.481 e. The normalized spacial score (nSPS) is 17.3. The molecule has 1 saturated carbocycles. The molecule has 0 atom stereocenters. The van der Waals surface area contributed by atoms with Crippen LogP contribution in [0.3, 0.4) is 0 Å². The number of carbonyl (C=O) groups excluding carboxylic acids is 1. The van der Waals surface area contributed by atoms with Crippen molar-refractivity contribution in [2.24, 2.45) is 5.41 Å². The number of aromatic nitrogens is 3. The molecule has 2 N–H and O–H groups in total. The first-order valence-corrected chi connectivity index (χ1v) is 7.47. The molecule has 21 heavy (non-hydrogen) atoms. The zero-order chi connectivity index (χ0) is 15.1. The molecule has 1 aromatic rings. The number of rotatable bonds is 7. The Hall–Kier alpha value is -1.92. The van der Waals surface area contributed by atoms with Crippen molar-refractivity contribution < 1.29 is 14.7 Å². The molecular weight excluding hydrogens is 272 g/mol. The summed E-state index contributed by atoms with van der Waals surface area (Å²) in [6, 6.07) is 0. The second kappa shape index (κ2) is 7.19. The molecule has 0 unspecified atom stereocenters. The summed E-state index contributed by atoms with van der Waals surface area (Å²) < 4.78 is 1.70. The van der Waals surface area contributed by atoms with Crippen LogP contribution >= 0.6 is 0 Å². The van der Waals surface area contributed by atoms with Crippen LogP contribution < -0.4 is 5.32 Å². The first-order chi connectivity index (χ1) is 10.1. The first kappa shape index (κ1) is 15.5. The molecule has 1 heterocycles. The number of carboxylic acid groups (broad SMARTS) is 1. The quantitative estimate of drug-likeness (QED) is 0.737. The van der Waals surface area contributed by atoms with Crippen LogP contribution in [0.5, 0.6) is 0 Å². The highest BCUT2D eigenvalue weighted by atomic mass is 16.4. The number of carboxylic acids is 1. The van der Waals surface area contributed by atoms with Gasteiger partial charge in [-0.05, 0) is 19.3 Å². The number of aliphatic carboxylic acids is 1. The second-order valence-corrected chi connectivity index (χ2v) is 5.69. The van der Waals surface area contributed by atoms with Gasteiger partial charge in [0.05, 0.1) is 11.6 Å². The van der Waals surface area contributed by atoms with Gasteiger partial charge in [-0.25, -0.2) is 0 Å². The van der Waals surface area contributed by atoms with Crippen LogP contribution in [0, 0.1) is 5.41 Å². The number of nitrogens with one attached hydrogen (secondary N) is 1. The Morgan fingerprint density at radius 2 is 2.05 bits per heavy atom. The van der Waals surface area contributed by atoms with Gasteiger partial charge in [0.15, 0.2) is 0 Å². The average molecular weight is 294 g/mol. The minimum atomic E-state index is -0.853. The van der Waals surface area contributed by atoms with Gasteiger partial charge in [0.25, 0.3) is 0 Å². The summed E-state index contributed by atoms with van der Waals surface area (Å²) in [6.07, 6.45) is 8.28. The van der Waals surface area contributed by atoms with Crippen molar-refractivity contribution in [2.45, 2.75) is 51.5 Å². The van der Waals surface area contributed by atoms with Crippen molar-refractivity contribution in [3.8, 4) is 0 Å². The third kappa shape index (κ3) is 4.27. The third-order valence-corrected chi connectivity index (χ3v) is 4.12. The van der Waals surface area contributed by atoms with Gasteiger partial charge in [-0.1, -0.05) is 24.5 Å². The summed E-state index contributed by atoms with van der Waals surface area (Å²) in [7, 11) is 0. The molecule has 0 bridgehead atoms. The summed E-state index contributed by atoms with van der Waals surface area (Å²) in [5.41, 5.74) is -0.853. The van der Waals surface area contributed by atoms with E-state index in [1.165, 1.54) is 0 Å². The fourth-order valence-electron chi connectivity index (χ4n) is 2.89. The van der Waals surface area contributed by atoms with Crippen LogP contribution in [0.15, 0.2) is 12.4 Å². The fourth-order valence-corrected chi connectivity index (χ4v) is 2.89. The van der Waals surface area contributed by atoms with E-state index >= 15 is 0 Å². The average Bonchev–Trinajstić information content (AvgIpc) is 2.98. The lowest BCUT2D eigenvalue weighted by Gasteiger charge is -2.32. The van der Waals surface area contributed by atoms with E-state index in [4.69, 9.17) is 0 Å². The van der Waals surface area contributed by atoms with Gasteiger partial charge >= 0.3 is 5.97 Å². The van der Waals surface area contributed by atoms with Crippen LogP contribution in [-0.2, 0) is 16.1 Å². The van der Waals surface area contributed by atoms with Crippen LogP contribution in [0.4, 0.5) is 0 Å². The molecular formula is C14H22N4O3. The molecule has 0 aliphatic heterocycles. The molecule has 2 rings (SSSR count). The van der Waals surface area contributed by atoms with E-state index in [9.17, 15) is 14.7 Å². The summed E-state index contributed by atoms with van der Waals surface area (Å²) >= 11 is 0. The Morgan fingerprint density at radius 3 is 2.67 bits per heavy atom. The summed E-state index contributed by atoms with van der Waals surface area (Å²) in [6.45, 7) is 1.21. The molecule has 7 heteroatoms. The Bertz CT molecular complexity index is 467. The van der Waals surface area contributed by atoms with Crippen LogP contribution in [-0.4, -0.2) is 38.5 Å². The second-order valence-electron chi connectivity index (χ2n) is 5.69. The molecule has 0 aromatic carbocycles. The minimum absolute atomic E-state index is 0.0889. The summed E-state index contributed by atoms with van der Waals surface area (Å²) in [5, 5.41) is 19.8. The van der Waals surface area contributed by atoms with Gasteiger partial charge in [-0.15, -0.1) is 5.10 Å². The van der Waals surface area contributed by atoms with Crippen LogP contribution in [0.1, 0.15) is 44.9 Å². The van der Waals surface area contributed by atoms with Gasteiger partial charge in [0.2, 0.25) is 5.91 Å². The molecule has 7 nitrogen and oxygen atoms in total. The number of hydrogen-bond acceptors (Lipinski definition) is 4. The van der Waals surface area contributed by atoms with E-state index in [0.717, 1.165) is 25.7 Å². The fraction of sp³-hybridized carbons (Fsp3) is 0.714. The first-order valence-electron chi connectivity index (χ1n) is 7.47. The van der Waals surface area contributed by atoms with Crippen molar-refractivity contribution in [1.29, 1.82) is 0 Å². The smallest absolute Gasteiger partial charge is 0.310 e. The lowest BCUT2D eigenvalue weighted by molar-refractivity contribution is -0.154. The van der Waals surface area contributed by atoms with Crippen molar-refractivity contribution in [2.75, 3.05) is 6.54 Å². The van der Waals surface area contributed by atoms with E-state index in [0.29, 0.717) is 25.9 Å². The van der Waals surface area contributed by atoms with E-state index in [1.54, 1.807) is 17.1 Å². The SMILES string of the molecule is O=C(CC1(C(=O)O)CCCCC1)NCCCn1ccnn1. The monoisotopic (exact) mass is 294 g/mol. The topological polar surface area (TPSA) is 97.1 Å². The van der Waals surface area contributed by atoms with E-state index in [2.05, 4.69) is 15.6 Å². The van der Waals surface area contributed by atoms with Crippen molar-refractivity contribution in [1.82, 2.24) is 20.3 Å². The van der Waals surface area contributed by atoms with E-state index in [1.807, 2.05) is 0 Å². The Balaban J connectivity index is 1.73. The Labute approximate surface area is 123 Å². The molecule has 0 radical (unpaired) electrons. The maximum atomic E-state index is 12.0. The van der Waals surface area contributed by atoms with Crippen LogP contribution in [0.25, 0.3) is 0 Å². The van der Waals surface area contributed by atoms with Crippen LogP contribution in [0.2, 0.25) is 0 Å². The molecule has 1 fully saturated rings. The number of hydrogen-bond donors (Lipinski definition) is 2. The van der Waals surface area contributed by atoms with Gasteiger partial charge < -0.3 is 10.4 Å².